The third kappa shape index (κ3) is 3.31. The largest absolute Gasteiger partial charge is 0.342 e. The molecular weight excluding hydrogens is 344 g/mol. The second-order valence-electron chi connectivity index (χ2n) is 5.66. The van der Waals surface area contributed by atoms with Crippen LogP contribution in [-0.2, 0) is 6.54 Å². The van der Waals surface area contributed by atoms with Gasteiger partial charge in [0.2, 0.25) is 5.13 Å². The number of hydrogen-bond donors (Lipinski definition) is 1. The van der Waals surface area contributed by atoms with Gasteiger partial charge in [-0.1, -0.05) is 41.7 Å². The van der Waals surface area contributed by atoms with Gasteiger partial charge in [0.25, 0.3) is 0 Å². The summed E-state index contributed by atoms with van der Waals surface area (Å²) in [4.78, 5) is 0. The Hall–Kier alpha value is -3.50. The van der Waals surface area contributed by atoms with Crippen molar-refractivity contribution >= 4 is 33.6 Å². The van der Waals surface area contributed by atoms with E-state index >= 15 is 0 Å². The maximum atomic E-state index is 9.09. The molecule has 0 radical (unpaired) electrons. The van der Waals surface area contributed by atoms with Gasteiger partial charge in [0.1, 0.15) is 5.51 Å². The number of nitriles is 1. The normalized spacial score (nSPS) is 11.0. The monoisotopic (exact) mass is 358 g/mol. The number of hydrogen-bond acceptors (Lipinski definition) is 6. The molecule has 0 aliphatic rings. The number of rotatable bonds is 5. The SMILES string of the molecule is N#Cc1cccc(Cn2cc(/C=N/Nc3nncs3)c3ccccc32)c1. The highest BCUT2D eigenvalue weighted by atomic mass is 32.1. The van der Waals surface area contributed by atoms with Gasteiger partial charge in [0.05, 0.1) is 17.8 Å². The molecule has 26 heavy (non-hydrogen) atoms. The summed E-state index contributed by atoms with van der Waals surface area (Å²) in [7, 11) is 0. The Balaban J connectivity index is 1.65. The zero-order chi connectivity index (χ0) is 17.8. The standard InChI is InChI=1S/C19H14N6S/c20-9-14-4-3-5-15(8-14)11-25-12-16(17-6-1-2-7-18(17)25)10-21-23-19-24-22-13-26-19/h1-8,10,12-13H,11H2,(H,23,24)/b21-10+. The van der Waals surface area contributed by atoms with Crippen molar-refractivity contribution in [2.45, 2.75) is 6.54 Å². The van der Waals surface area contributed by atoms with E-state index in [2.05, 4.69) is 49.7 Å². The second kappa shape index (κ2) is 7.17. The first-order valence-corrected chi connectivity index (χ1v) is 8.83. The zero-order valence-electron chi connectivity index (χ0n) is 13.7. The van der Waals surface area contributed by atoms with E-state index in [-0.39, 0.29) is 0 Å². The number of nitrogens with one attached hydrogen (secondary N) is 1. The fraction of sp³-hybridized carbons (Fsp3) is 0.0526. The average Bonchev–Trinajstić information content (AvgIpc) is 3.31. The van der Waals surface area contributed by atoms with Gasteiger partial charge in [-0.15, -0.1) is 10.2 Å². The molecular formula is C19H14N6S. The molecule has 4 aromatic rings. The van der Waals surface area contributed by atoms with Crippen LogP contribution in [0.1, 0.15) is 16.7 Å². The molecule has 0 atom stereocenters. The van der Waals surface area contributed by atoms with E-state index in [1.165, 1.54) is 11.3 Å². The highest BCUT2D eigenvalue weighted by Crippen LogP contribution is 2.21. The van der Waals surface area contributed by atoms with E-state index in [0.717, 1.165) is 22.0 Å². The van der Waals surface area contributed by atoms with Crippen LogP contribution in [0.2, 0.25) is 0 Å². The van der Waals surface area contributed by atoms with E-state index in [0.29, 0.717) is 17.2 Å². The van der Waals surface area contributed by atoms with Gasteiger partial charge in [-0.2, -0.15) is 10.4 Å². The lowest BCUT2D eigenvalue weighted by molar-refractivity contribution is 0.836. The Bertz CT molecular complexity index is 1100. The van der Waals surface area contributed by atoms with Crippen LogP contribution in [-0.4, -0.2) is 21.0 Å². The molecule has 7 heteroatoms. The van der Waals surface area contributed by atoms with E-state index in [4.69, 9.17) is 5.26 Å². The second-order valence-corrected chi connectivity index (χ2v) is 6.49. The number of benzene rings is 2. The van der Waals surface area contributed by atoms with Crippen LogP contribution in [0.5, 0.6) is 0 Å². The third-order valence-electron chi connectivity index (χ3n) is 3.95. The molecule has 0 saturated heterocycles. The molecule has 4 rings (SSSR count). The minimum Gasteiger partial charge on any atom is -0.342 e. The predicted molar refractivity (Wildman–Crippen MR) is 103 cm³/mol. The summed E-state index contributed by atoms with van der Waals surface area (Å²) in [5, 5.41) is 22.8. The summed E-state index contributed by atoms with van der Waals surface area (Å²) in [6, 6.07) is 18.0. The van der Waals surface area contributed by atoms with E-state index in [1.54, 1.807) is 11.7 Å². The summed E-state index contributed by atoms with van der Waals surface area (Å²) in [6.45, 7) is 0.688. The molecule has 0 bridgehead atoms. The number of para-hydroxylation sites is 1. The van der Waals surface area contributed by atoms with Gasteiger partial charge in [0, 0.05) is 29.2 Å². The highest BCUT2D eigenvalue weighted by Gasteiger charge is 2.07. The molecule has 0 unspecified atom stereocenters. The molecule has 6 nitrogen and oxygen atoms in total. The van der Waals surface area contributed by atoms with Crippen LogP contribution in [0.3, 0.4) is 0 Å². The van der Waals surface area contributed by atoms with Gasteiger partial charge in [-0.25, -0.2) is 0 Å². The molecule has 0 amide bonds. The van der Waals surface area contributed by atoms with Crippen molar-refractivity contribution in [2.24, 2.45) is 5.10 Å². The van der Waals surface area contributed by atoms with Crippen molar-refractivity contribution in [3.63, 3.8) is 0 Å². The summed E-state index contributed by atoms with van der Waals surface area (Å²) in [5.74, 6) is 0. The van der Waals surface area contributed by atoms with Crippen molar-refractivity contribution in [1.29, 1.82) is 5.26 Å². The van der Waals surface area contributed by atoms with E-state index < -0.39 is 0 Å². The Morgan fingerprint density at radius 3 is 3.00 bits per heavy atom. The quantitative estimate of drug-likeness (QED) is 0.434. The minimum absolute atomic E-state index is 0.651. The molecule has 1 N–H and O–H groups in total. The first kappa shape index (κ1) is 16.0. The Labute approximate surface area is 154 Å². The van der Waals surface area contributed by atoms with Crippen molar-refractivity contribution in [2.75, 3.05) is 5.43 Å². The fourth-order valence-electron chi connectivity index (χ4n) is 2.82. The van der Waals surface area contributed by atoms with Gasteiger partial charge >= 0.3 is 0 Å². The lowest BCUT2D eigenvalue weighted by Crippen LogP contribution is -1.98. The molecule has 0 aliphatic carbocycles. The maximum Gasteiger partial charge on any atom is 0.225 e. The van der Waals surface area contributed by atoms with E-state index in [9.17, 15) is 0 Å². The third-order valence-corrected chi connectivity index (χ3v) is 4.55. The van der Waals surface area contributed by atoms with Crippen LogP contribution in [0.15, 0.2) is 65.3 Å². The summed E-state index contributed by atoms with van der Waals surface area (Å²) in [6.07, 6.45) is 3.85. The number of fused-ring (bicyclic) bond motifs is 1. The molecule has 0 spiro atoms. The minimum atomic E-state index is 0.651. The summed E-state index contributed by atoms with van der Waals surface area (Å²) >= 11 is 1.39. The zero-order valence-corrected chi connectivity index (χ0v) is 14.5. The molecule has 0 aliphatic heterocycles. The smallest absolute Gasteiger partial charge is 0.225 e. The first-order chi connectivity index (χ1) is 12.8. The topological polar surface area (TPSA) is 78.9 Å². The lowest BCUT2D eigenvalue weighted by atomic mass is 10.1. The van der Waals surface area contributed by atoms with Crippen molar-refractivity contribution in [3.05, 3.63) is 76.9 Å². The van der Waals surface area contributed by atoms with Gasteiger partial charge in [-0.3, -0.25) is 5.43 Å². The highest BCUT2D eigenvalue weighted by molar-refractivity contribution is 7.13. The molecule has 126 valence electrons. The van der Waals surface area contributed by atoms with Crippen LogP contribution >= 0.6 is 11.3 Å². The first-order valence-electron chi connectivity index (χ1n) is 7.95. The summed E-state index contributed by atoms with van der Waals surface area (Å²) < 4.78 is 2.16. The van der Waals surface area contributed by atoms with Gasteiger partial charge in [-0.05, 0) is 23.8 Å². The Morgan fingerprint density at radius 2 is 2.15 bits per heavy atom. The number of hydrazone groups is 1. The lowest BCUT2D eigenvalue weighted by Gasteiger charge is -2.05. The van der Waals surface area contributed by atoms with Gasteiger partial charge in [0.15, 0.2) is 0 Å². The maximum absolute atomic E-state index is 9.09. The number of aromatic nitrogens is 3. The number of nitrogens with zero attached hydrogens (tertiary/aromatic N) is 5. The Morgan fingerprint density at radius 1 is 1.23 bits per heavy atom. The summed E-state index contributed by atoms with van der Waals surface area (Å²) in [5.41, 5.74) is 8.41. The fourth-order valence-corrected chi connectivity index (χ4v) is 3.22. The van der Waals surface area contributed by atoms with Crippen molar-refractivity contribution < 1.29 is 0 Å². The van der Waals surface area contributed by atoms with Crippen LogP contribution in [0.25, 0.3) is 10.9 Å². The predicted octanol–water partition coefficient (Wildman–Crippen LogP) is 3.86. The Kier molecular flexibility index (Phi) is 4.41. The molecule has 2 aromatic heterocycles. The van der Waals surface area contributed by atoms with Gasteiger partial charge < -0.3 is 4.57 Å². The van der Waals surface area contributed by atoms with Crippen LogP contribution in [0.4, 0.5) is 5.13 Å². The average molecular weight is 358 g/mol. The van der Waals surface area contributed by atoms with Crippen molar-refractivity contribution in [1.82, 2.24) is 14.8 Å². The molecule has 0 fully saturated rings. The van der Waals surface area contributed by atoms with Crippen molar-refractivity contribution in [3.8, 4) is 6.07 Å². The van der Waals surface area contributed by atoms with E-state index in [1.807, 2.05) is 36.4 Å². The number of anilines is 1. The van der Waals surface area contributed by atoms with Crippen LogP contribution < -0.4 is 5.43 Å². The molecule has 0 saturated carbocycles. The van der Waals surface area contributed by atoms with Crippen LogP contribution in [0, 0.1) is 11.3 Å². The molecule has 2 heterocycles. The molecule has 2 aromatic carbocycles.